The zero-order valence-electron chi connectivity index (χ0n) is 10.5. The Morgan fingerprint density at radius 3 is 2.90 bits per heavy atom. The lowest BCUT2D eigenvalue weighted by atomic mass is 10.2. The SMILES string of the molecule is CNC(=O)CCSc1nnc(-c2ccc(Cl)cc2Cl)o1. The molecule has 8 heteroatoms. The van der Waals surface area contributed by atoms with Gasteiger partial charge in [0.25, 0.3) is 5.22 Å². The maximum Gasteiger partial charge on any atom is 0.276 e. The van der Waals surface area contributed by atoms with Crippen molar-refractivity contribution in [1.82, 2.24) is 15.5 Å². The number of rotatable bonds is 5. The van der Waals surface area contributed by atoms with Gasteiger partial charge in [-0.1, -0.05) is 35.0 Å². The normalized spacial score (nSPS) is 10.6. The maximum atomic E-state index is 11.1. The maximum absolute atomic E-state index is 11.1. The number of aromatic nitrogens is 2. The van der Waals surface area contributed by atoms with Gasteiger partial charge in [-0.05, 0) is 18.2 Å². The molecule has 0 unspecified atom stereocenters. The highest BCUT2D eigenvalue weighted by Crippen LogP contribution is 2.31. The molecule has 0 radical (unpaired) electrons. The Hall–Kier alpha value is -1.24. The third-order valence-corrected chi connectivity index (χ3v) is 3.77. The first-order valence-electron chi connectivity index (χ1n) is 5.72. The summed E-state index contributed by atoms with van der Waals surface area (Å²) < 4.78 is 5.49. The van der Waals surface area contributed by atoms with E-state index in [0.717, 1.165) is 0 Å². The van der Waals surface area contributed by atoms with Crippen molar-refractivity contribution in [2.75, 3.05) is 12.8 Å². The van der Waals surface area contributed by atoms with Crippen molar-refractivity contribution < 1.29 is 9.21 Å². The molecule has 1 aromatic carbocycles. The van der Waals surface area contributed by atoms with Gasteiger partial charge in [0.2, 0.25) is 11.8 Å². The van der Waals surface area contributed by atoms with Crippen molar-refractivity contribution in [3.05, 3.63) is 28.2 Å². The average Bonchev–Trinajstić information content (AvgIpc) is 2.87. The minimum absolute atomic E-state index is 0.0296. The Morgan fingerprint density at radius 1 is 1.40 bits per heavy atom. The molecule has 0 spiro atoms. The zero-order valence-corrected chi connectivity index (χ0v) is 12.8. The highest BCUT2D eigenvalue weighted by Gasteiger charge is 2.13. The first-order valence-corrected chi connectivity index (χ1v) is 7.46. The van der Waals surface area contributed by atoms with Crippen molar-refractivity contribution in [2.24, 2.45) is 0 Å². The molecule has 0 saturated carbocycles. The molecule has 0 fully saturated rings. The third kappa shape index (κ3) is 3.88. The van der Waals surface area contributed by atoms with E-state index < -0.39 is 0 Å². The molecule has 20 heavy (non-hydrogen) atoms. The predicted octanol–water partition coefficient (Wildman–Crippen LogP) is 3.27. The van der Waals surface area contributed by atoms with Gasteiger partial charge in [0, 0.05) is 24.2 Å². The highest BCUT2D eigenvalue weighted by molar-refractivity contribution is 7.99. The summed E-state index contributed by atoms with van der Waals surface area (Å²) in [5.41, 5.74) is 0.627. The second-order valence-electron chi connectivity index (χ2n) is 3.77. The summed E-state index contributed by atoms with van der Waals surface area (Å²) in [5, 5.41) is 11.8. The summed E-state index contributed by atoms with van der Waals surface area (Å²) in [4.78, 5) is 11.1. The van der Waals surface area contributed by atoms with Crippen molar-refractivity contribution in [2.45, 2.75) is 11.6 Å². The summed E-state index contributed by atoms with van der Waals surface area (Å²) in [7, 11) is 1.60. The molecule has 0 aliphatic rings. The third-order valence-electron chi connectivity index (χ3n) is 2.40. The smallest absolute Gasteiger partial charge is 0.276 e. The fraction of sp³-hybridized carbons (Fsp3) is 0.250. The molecule has 1 amide bonds. The molecule has 1 N–H and O–H groups in total. The number of nitrogens with zero attached hydrogens (tertiary/aromatic N) is 2. The van der Waals surface area contributed by atoms with E-state index in [-0.39, 0.29) is 5.91 Å². The van der Waals surface area contributed by atoms with Crippen LogP contribution < -0.4 is 5.32 Å². The molecule has 5 nitrogen and oxygen atoms in total. The second kappa shape index (κ2) is 6.97. The van der Waals surface area contributed by atoms with E-state index in [1.807, 2.05) is 0 Å². The number of halogens is 2. The fourth-order valence-corrected chi connectivity index (χ4v) is 2.58. The molecule has 1 heterocycles. The van der Waals surface area contributed by atoms with Gasteiger partial charge in [-0.2, -0.15) is 0 Å². The van der Waals surface area contributed by atoms with Crippen LogP contribution in [0.3, 0.4) is 0 Å². The van der Waals surface area contributed by atoms with Crippen molar-refractivity contribution in [3.8, 4) is 11.5 Å². The van der Waals surface area contributed by atoms with Gasteiger partial charge in [-0.15, -0.1) is 10.2 Å². The van der Waals surface area contributed by atoms with Crippen LogP contribution in [0.1, 0.15) is 6.42 Å². The van der Waals surface area contributed by atoms with Crippen LogP contribution in [0.15, 0.2) is 27.8 Å². The topological polar surface area (TPSA) is 68.0 Å². The van der Waals surface area contributed by atoms with Crippen LogP contribution in [0.2, 0.25) is 10.0 Å². The van der Waals surface area contributed by atoms with Gasteiger partial charge in [-0.3, -0.25) is 4.79 Å². The van der Waals surface area contributed by atoms with Gasteiger partial charge in [-0.25, -0.2) is 0 Å². The monoisotopic (exact) mass is 331 g/mol. The first-order chi connectivity index (χ1) is 9.60. The molecule has 2 rings (SSSR count). The number of hydrogen-bond donors (Lipinski definition) is 1. The van der Waals surface area contributed by atoms with Crippen molar-refractivity contribution in [3.63, 3.8) is 0 Å². The number of carbonyl (C=O) groups excluding carboxylic acids is 1. The number of thioether (sulfide) groups is 1. The molecule has 0 saturated heterocycles. The van der Waals surface area contributed by atoms with Crippen LogP contribution in [-0.4, -0.2) is 28.9 Å². The summed E-state index contributed by atoms with van der Waals surface area (Å²) in [6, 6.07) is 5.03. The Labute approximate surface area is 130 Å². The standard InChI is InChI=1S/C12H11Cl2N3O2S/c1-15-10(18)4-5-20-12-17-16-11(19-12)8-3-2-7(13)6-9(8)14/h2-3,6H,4-5H2,1H3,(H,15,18). The average molecular weight is 332 g/mol. The lowest BCUT2D eigenvalue weighted by Gasteiger charge is -1.99. The second-order valence-corrected chi connectivity index (χ2v) is 5.66. The van der Waals surface area contributed by atoms with Gasteiger partial charge in [0.15, 0.2) is 0 Å². The first kappa shape index (κ1) is 15.2. The van der Waals surface area contributed by atoms with E-state index in [1.165, 1.54) is 11.8 Å². The summed E-state index contributed by atoms with van der Waals surface area (Å²) in [6.45, 7) is 0. The van der Waals surface area contributed by atoms with Gasteiger partial charge in [0.1, 0.15) is 0 Å². The Bertz CT molecular complexity index is 618. The minimum Gasteiger partial charge on any atom is -0.411 e. The molecular weight excluding hydrogens is 321 g/mol. The van der Waals surface area contributed by atoms with Crippen molar-refractivity contribution in [1.29, 1.82) is 0 Å². The van der Waals surface area contributed by atoms with Gasteiger partial charge in [0.05, 0.1) is 10.6 Å². The molecule has 0 bridgehead atoms. The molecule has 2 aromatic rings. The van der Waals surface area contributed by atoms with E-state index >= 15 is 0 Å². The van der Waals surface area contributed by atoms with Crippen LogP contribution >= 0.6 is 35.0 Å². The molecule has 106 valence electrons. The molecule has 0 aliphatic heterocycles. The van der Waals surface area contributed by atoms with Crippen LogP contribution in [0.4, 0.5) is 0 Å². The Balaban J connectivity index is 2.03. The fourth-order valence-electron chi connectivity index (χ4n) is 1.40. The van der Waals surface area contributed by atoms with E-state index in [4.69, 9.17) is 27.6 Å². The van der Waals surface area contributed by atoms with E-state index in [0.29, 0.717) is 38.9 Å². The van der Waals surface area contributed by atoms with Crippen LogP contribution in [0, 0.1) is 0 Å². The predicted molar refractivity (Wildman–Crippen MR) is 79.2 cm³/mol. The van der Waals surface area contributed by atoms with E-state index in [1.54, 1.807) is 25.2 Å². The number of amides is 1. The summed E-state index contributed by atoms with van der Waals surface area (Å²) in [6.07, 6.45) is 0.389. The van der Waals surface area contributed by atoms with E-state index in [2.05, 4.69) is 15.5 Å². The lowest BCUT2D eigenvalue weighted by Crippen LogP contribution is -2.17. The Kier molecular flexibility index (Phi) is 5.28. The summed E-state index contributed by atoms with van der Waals surface area (Å²) >= 11 is 13.2. The van der Waals surface area contributed by atoms with E-state index in [9.17, 15) is 4.79 Å². The zero-order chi connectivity index (χ0) is 14.5. The van der Waals surface area contributed by atoms with Gasteiger partial charge >= 0.3 is 0 Å². The molecular formula is C12H11Cl2N3O2S. The van der Waals surface area contributed by atoms with Crippen molar-refractivity contribution >= 4 is 40.9 Å². The highest BCUT2D eigenvalue weighted by atomic mass is 35.5. The summed E-state index contributed by atoms with van der Waals surface area (Å²) in [5.74, 6) is 0.863. The number of hydrogen-bond acceptors (Lipinski definition) is 5. The largest absolute Gasteiger partial charge is 0.411 e. The lowest BCUT2D eigenvalue weighted by molar-refractivity contribution is -0.120. The molecule has 0 atom stereocenters. The molecule has 0 aliphatic carbocycles. The number of benzene rings is 1. The molecule has 1 aromatic heterocycles. The Morgan fingerprint density at radius 2 is 2.20 bits per heavy atom. The minimum atomic E-state index is -0.0296. The number of nitrogens with one attached hydrogen (secondary N) is 1. The van der Waals surface area contributed by atoms with Crippen LogP contribution in [-0.2, 0) is 4.79 Å². The van der Waals surface area contributed by atoms with Gasteiger partial charge < -0.3 is 9.73 Å². The van der Waals surface area contributed by atoms with Crippen LogP contribution in [0.5, 0.6) is 0 Å². The van der Waals surface area contributed by atoms with Crippen LogP contribution in [0.25, 0.3) is 11.5 Å². The quantitative estimate of drug-likeness (QED) is 0.851. The number of carbonyl (C=O) groups is 1.